The molecule has 0 saturated heterocycles. The molecule has 3 rings (SSSR count). The summed E-state index contributed by atoms with van der Waals surface area (Å²) in [5.74, 6) is 0.00412. The Kier molecular flexibility index (Phi) is 5.06. The minimum absolute atomic E-state index is 0.00776. The lowest BCUT2D eigenvalue weighted by atomic mass is 9.77. The molecule has 0 fully saturated rings. The largest absolute Gasteiger partial charge is 0.495 e. The van der Waals surface area contributed by atoms with Crippen molar-refractivity contribution in [2.45, 2.75) is 37.5 Å². The highest BCUT2D eigenvalue weighted by Crippen LogP contribution is 2.43. The molecule has 0 amide bonds. The molecule has 1 aromatic carbocycles. The Morgan fingerprint density at radius 2 is 2.24 bits per heavy atom. The number of hydrogen-bond donors (Lipinski definition) is 1. The quantitative estimate of drug-likeness (QED) is 0.874. The fourth-order valence-electron chi connectivity index (χ4n) is 3.27. The highest BCUT2D eigenvalue weighted by molar-refractivity contribution is 6.32. The van der Waals surface area contributed by atoms with Gasteiger partial charge in [-0.1, -0.05) is 29.8 Å². The number of alkyl halides is 1. The van der Waals surface area contributed by atoms with E-state index < -0.39 is 17.6 Å². The topological polar surface area (TPSA) is 59.4 Å². The number of pyridine rings is 1. The monoisotopic (exact) mass is 363 g/mol. The number of rotatable bonds is 5. The first-order valence-electron chi connectivity index (χ1n) is 8.14. The standard InChI is InChI=1S/C19H19ClFNO3/c1-25-15-6-2-4-12(17(15)20)7-8-16(24)19(21)10-9-14(23)18-13(19)5-3-11-22-18/h2-6,11,14,23H,7-10H2,1H3/t14-,19-/m0/s1. The first kappa shape index (κ1) is 17.8. The third kappa shape index (κ3) is 3.26. The van der Waals surface area contributed by atoms with Crippen LogP contribution in [0.25, 0.3) is 0 Å². The van der Waals surface area contributed by atoms with Crippen LogP contribution in [-0.4, -0.2) is 23.0 Å². The number of nitrogens with zero attached hydrogens (tertiary/aromatic N) is 1. The molecule has 1 aliphatic rings. The fourth-order valence-corrected chi connectivity index (χ4v) is 3.57. The number of aryl methyl sites for hydroxylation is 1. The Labute approximate surface area is 150 Å². The molecule has 1 aromatic heterocycles. The molecule has 2 aromatic rings. The maximum absolute atomic E-state index is 15.5. The van der Waals surface area contributed by atoms with Crippen LogP contribution in [0.5, 0.6) is 5.75 Å². The highest BCUT2D eigenvalue weighted by atomic mass is 35.5. The van der Waals surface area contributed by atoms with Gasteiger partial charge in [-0.15, -0.1) is 0 Å². The van der Waals surface area contributed by atoms with Crippen molar-refractivity contribution in [3.05, 3.63) is 58.4 Å². The van der Waals surface area contributed by atoms with Crippen molar-refractivity contribution in [3.8, 4) is 5.75 Å². The lowest BCUT2D eigenvalue weighted by Gasteiger charge is -2.32. The van der Waals surface area contributed by atoms with E-state index in [1.165, 1.54) is 19.4 Å². The van der Waals surface area contributed by atoms with Crippen LogP contribution in [0.3, 0.4) is 0 Å². The third-order valence-corrected chi connectivity index (χ3v) is 5.10. The minimum Gasteiger partial charge on any atom is -0.495 e. The number of methoxy groups -OCH3 is 1. The molecule has 4 nitrogen and oxygen atoms in total. The van der Waals surface area contributed by atoms with Crippen LogP contribution in [0.1, 0.15) is 42.2 Å². The van der Waals surface area contributed by atoms with Crippen molar-refractivity contribution in [2.24, 2.45) is 0 Å². The van der Waals surface area contributed by atoms with E-state index in [9.17, 15) is 9.90 Å². The van der Waals surface area contributed by atoms with E-state index in [0.29, 0.717) is 17.2 Å². The highest BCUT2D eigenvalue weighted by Gasteiger charge is 2.45. The van der Waals surface area contributed by atoms with Crippen LogP contribution >= 0.6 is 11.6 Å². The summed E-state index contributed by atoms with van der Waals surface area (Å²) in [4.78, 5) is 16.7. The Balaban J connectivity index is 1.81. The number of Topliss-reactive ketones (excluding diaryl/α,β-unsaturated/α-hetero) is 1. The van der Waals surface area contributed by atoms with Gasteiger partial charge in [-0.2, -0.15) is 0 Å². The van der Waals surface area contributed by atoms with Gasteiger partial charge in [0.2, 0.25) is 0 Å². The van der Waals surface area contributed by atoms with E-state index in [2.05, 4.69) is 4.98 Å². The van der Waals surface area contributed by atoms with Crippen molar-refractivity contribution in [2.75, 3.05) is 7.11 Å². The van der Waals surface area contributed by atoms with Gasteiger partial charge in [0.1, 0.15) is 5.75 Å². The Hall–Kier alpha value is -1.98. The van der Waals surface area contributed by atoms with E-state index in [1.54, 1.807) is 24.3 Å². The summed E-state index contributed by atoms with van der Waals surface area (Å²) in [6.07, 6.45) is 1.12. The molecule has 25 heavy (non-hydrogen) atoms. The molecule has 0 bridgehead atoms. The normalized spacial score (nSPS) is 22.3. The molecule has 1 aliphatic carbocycles. The molecule has 6 heteroatoms. The summed E-state index contributed by atoms with van der Waals surface area (Å²) in [7, 11) is 1.52. The van der Waals surface area contributed by atoms with Crippen molar-refractivity contribution >= 4 is 17.4 Å². The number of ketones is 1. The second kappa shape index (κ2) is 7.10. The number of carbonyl (C=O) groups is 1. The average Bonchev–Trinajstić information content (AvgIpc) is 2.64. The zero-order chi connectivity index (χ0) is 18.0. The Morgan fingerprint density at radius 1 is 1.44 bits per heavy atom. The van der Waals surface area contributed by atoms with Gasteiger partial charge in [0, 0.05) is 18.2 Å². The predicted molar refractivity (Wildman–Crippen MR) is 92.5 cm³/mol. The maximum atomic E-state index is 15.5. The van der Waals surface area contributed by atoms with Gasteiger partial charge >= 0.3 is 0 Å². The number of fused-ring (bicyclic) bond motifs is 1. The molecule has 0 spiro atoms. The van der Waals surface area contributed by atoms with Crippen LogP contribution in [0.15, 0.2) is 36.5 Å². The number of aliphatic hydroxyl groups is 1. The van der Waals surface area contributed by atoms with E-state index >= 15 is 4.39 Å². The molecular formula is C19H19ClFNO3. The van der Waals surface area contributed by atoms with Crippen molar-refractivity contribution in [1.82, 2.24) is 4.98 Å². The molecule has 0 radical (unpaired) electrons. The van der Waals surface area contributed by atoms with Gasteiger partial charge in [-0.05, 0) is 37.0 Å². The van der Waals surface area contributed by atoms with Gasteiger partial charge in [-0.3, -0.25) is 9.78 Å². The summed E-state index contributed by atoms with van der Waals surface area (Å²) in [6, 6.07) is 8.42. The van der Waals surface area contributed by atoms with Gasteiger partial charge < -0.3 is 9.84 Å². The first-order chi connectivity index (χ1) is 12.0. The molecule has 132 valence electrons. The number of ether oxygens (including phenoxy) is 1. The predicted octanol–water partition coefficient (Wildman–Crippen LogP) is 3.94. The number of benzene rings is 1. The minimum atomic E-state index is -2.12. The van der Waals surface area contributed by atoms with E-state index in [4.69, 9.17) is 16.3 Å². The van der Waals surface area contributed by atoms with Gasteiger partial charge in [-0.25, -0.2) is 4.39 Å². The molecule has 1 heterocycles. The van der Waals surface area contributed by atoms with E-state index in [1.807, 2.05) is 0 Å². The lowest BCUT2D eigenvalue weighted by Crippen LogP contribution is -2.36. The zero-order valence-electron chi connectivity index (χ0n) is 13.8. The van der Waals surface area contributed by atoms with Gasteiger partial charge in [0.15, 0.2) is 11.5 Å². The molecule has 0 saturated carbocycles. The van der Waals surface area contributed by atoms with Crippen LogP contribution in [-0.2, 0) is 16.9 Å². The van der Waals surface area contributed by atoms with Crippen molar-refractivity contribution < 1.29 is 19.0 Å². The number of carbonyl (C=O) groups excluding carboxylic acids is 1. The summed E-state index contributed by atoms with van der Waals surface area (Å²) < 4.78 is 20.7. The SMILES string of the molecule is COc1cccc(CCC(=O)[C@]2(F)CC[C@H](O)c3ncccc32)c1Cl. The second-order valence-electron chi connectivity index (χ2n) is 6.15. The van der Waals surface area contributed by atoms with E-state index in [-0.39, 0.29) is 30.5 Å². The summed E-state index contributed by atoms with van der Waals surface area (Å²) in [5.41, 5.74) is -0.950. The van der Waals surface area contributed by atoms with Crippen LogP contribution in [0.4, 0.5) is 4.39 Å². The molecule has 1 N–H and O–H groups in total. The Bertz CT molecular complexity index is 798. The third-order valence-electron chi connectivity index (χ3n) is 4.67. The number of halogens is 2. The zero-order valence-corrected chi connectivity index (χ0v) is 14.6. The molecule has 2 atom stereocenters. The van der Waals surface area contributed by atoms with Crippen LogP contribution in [0.2, 0.25) is 5.02 Å². The van der Waals surface area contributed by atoms with Crippen molar-refractivity contribution in [3.63, 3.8) is 0 Å². The van der Waals surface area contributed by atoms with Crippen LogP contribution in [0, 0.1) is 0 Å². The Morgan fingerprint density at radius 3 is 3.00 bits per heavy atom. The molecule has 0 aliphatic heterocycles. The van der Waals surface area contributed by atoms with Crippen molar-refractivity contribution in [1.29, 1.82) is 0 Å². The molecule has 0 unspecified atom stereocenters. The summed E-state index contributed by atoms with van der Waals surface area (Å²) in [5, 5.41) is 10.4. The van der Waals surface area contributed by atoms with Gasteiger partial charge in [0.05, 0.1) is 23.9 Å². The number of aliphatic hydroxyl groups excluding tert-OH is 1. The number of aromatic nitrogens is 1. The van der Waals surface area contributed by atoms with Gasteiger partial charge in [0.25, 0.3) is 0 Å². The smallest absolute Gasteiger partial charge is 0.195 e. The number of hydrogen-bond acceptors (Lipinski definition) is 4. The van der Waals surface area contributed by atoms with Crippen LogP contribution < -0.4 is 4.74 Å². The maximum Gasteiger partial charge on any atom is 0.195 e. The fraction of sp³-hybridized carbons (Fsp3) is 0.368. The summed E-state index contributed by atoms with van der Waals surface area (Å²) >= 11 is 6.24. The average molecular weight is 364 g/mol. The second-order valence-corrected chi connectivity index (χ2v) is 6.53. The first-order valence-corrected chi connectivity index (χ1v) is 8.52. The summed E-state index contributed by atoms with van der Waals surface area (Å²) in [6.45, 7) is 0. The lowest BCUT2D eigenvalue weighted by molar-refractivity contribution is -0.133. The molecular weight excluding hydrogens is 345 g/mol. The van der Waals surface area contributed by atoms with E-state index in [0.717, 1.165) is 5.56 Å².